The standard InChI is InChI=1S/C26H18O/c1-27-17-14-15-21-20-10-4-7-13-24(20)26(25(21)16-17)22-11-5-2-8-18(22)19-9-3-6-12-23(19)26/h2-16H,1H3. The summed E-state index contributed by atoms with van der Waals surface area (Å²) in [5.74, 6) is 0.905. The van der Waals surface area contributed by atoms with Gasteiger partial charge in [-0.05, 0) is 56.6 Å². The van der Waals surface area contributed by atoms with E-state index in [-0.39, 0.29) is 5.41 Å². The maximum Gasteiger partial charge on any atom is 0.119 e. The van der Waals surface area contributed by atoms with E-state index >= 15 is 0 Å². The minimum Gasteiger partial charge on any atom is -0.497 e. The van der Waals surface area contributed by atoms with Crippen LogP contribution in [-0.4, -0.2) is 7.11 Å². The molecule has 6 rings (SSSR count). The van der Waals surface area contributed by atoms with Crippen LogP contribution in [0.3, 0.4) is 0 Å². The molecule has 0 amide bonds. The van der Waals surface area contributed by atoms with E-state index in [2.05, 4.69) is 91.0 Å². The zero-order valence-corrected chi connectivity index (χ0v) is 15.1. The van der Waals surface area contributed by atoms with Gasteiger partial charge in [-0.15, -0.1) is 0 Å². The lowest BCUT2D eigenvalue weighted by Gasteiger charge is -2.30. The van der Waals surface area contributed by atoms with Crippen LogP contribution in [0.25, 0.3) is 22.3 Å². The van der Waals surface area contributed by atoms with E-state index in [4.69, 9.17) is 4.74 Å². The molecule has 0 aromatic heterocycles. The molecule has 27 heavy (non-hydrogen) atoms. The number of fused-ring (bicyclic) bond motifs is 10. The maximum atomic E-state index is 5.62. The van der Waals surface area contributed by atoms with Gasteiger partial charge in [-0.3, -0.25) is 0 Å². The van der Waals surface area contributed by atoms with Gasteiger partial charge in [0.15, 0.2) is 0 Å². The van der Waals surface area contributed by atoms with Crippen molar-refractivity contribution in [3.63, 3.8) is 0 Å². The fourth-order valence-electron chi connectivity index (χ4n) is 5.20. The quantitative estimate of drug-likeness (QED) is 0.353. The molecule has 1 heteroatoms. The largest absolute Gasteiger partial charge is 0.497 e. The predicted octanol–water partition coefficient (Wildman–Crippen LogP) is 6.04. The third-order valence-electron chi connectivity index (χ3n) is 6.20. The number of benzene rings is 4. The van der Waals surface area contributed by atoms with Crippen molar-refractivity contribution < 1.29 is 4.74 Å². The molecular formula is C26H18O. The fourth-order valence-corrected chi connectivity index (χ4v) is 5.20. The van der Waals surface area contributed by atoms with Crippen LogP contribution in [-0.2, 0) is 5.41 Å². The zero-order valence-electron chi connectivity index (χ0n) is 15.1. The number of methoxy groups -OCH3 is 1. The Morgan fingerprint density at radius 2 is 0.963 bits per heavy atom. The number of hydrogen-bond acceptors (Lipinski definition) is 1. The molecule has 0 unspecified atom stereocenters. The topological polar surface area (TPSA) is 9.23 Å². The Hall–Kier alpha value is -3.32. The Kier molecular flexibility index (Phi) is 2.80. The average Bonchev–Trinajstić information content (AvgIpc) is 3.21. The molecule has 0 aliphatic heterocycles. The van der Waals surface area contributed by atoms with Gasteiger partial charge in [-0.1, -0.05) is 78.9 Å². The smallest absolute Gasteiger partial charge is 0.119 e. The minimum atomic E-state index is -0.270. The highest BCUT2D eigenvalue weighted by molar-refractivity contribution is 5.95. The van der Waals surface area contributed by atoms with Gasteiger partial charge in [0, 0.05) is 0 Å². The summed E-state index contributed by atoms with van der Waals surface area (Å²) in [6.07, 6.45) is 0. The van der Waals surface area contributed by atoms with E-state index in [9.17, 15) is 0 Å². The summed E-state index contributed by atoms with van der Waals surface area (Å²) in [7, 11) is 1.74. The van der Waals surface area contributed by atoms with Crippen LogP contribution in [0.2, 0.25) is 0 Å². The molecule has 0 saturated heterocycles. The van der Waals surface area contributed by atoms with Crippen molar-refractivity contribution in [2.24, 2.45) is 0 Å². The molecule has 1 nitrogen and oxygen atoms in total. The molecule has 2 aliphatic rings. The Labute approximate surface area is 158 Å². The van der Waals surface area contributed by atoms with Crippen molar-refractivity contribution in [3.8, 4) is 28.0 Å². The van der Waals surface area contributed by atoms with Crippen LogP contribution in [0.5, 0.6) is 5.75 Å². The molecule has 0 atom stereocenters. The number of rotatable bonds is 1. The van der Waals surface area contributed by atoms with E-state index in [0.717, 1.165) is 5.75 Å². The van der Waals surface area contributed by atoms with Gasteiger partial charge in [0.1, 0.15) is 5.75 Å². The van der Waals surface area contributed by atoms with Crippen LogP contribution in [0.1, 0.15) is 22.3 Å². The first-order valence-electron chi connectivity index (χ1n) is 9.33. The van der Waals surface area contributed by atoms with E-state index in [1.54, 1.807) is 7.11 Å². The Morgan fingerprint density at radius 3 is 1.44 bits per heavy atom. The first-order valence-corrected chi connectivity index (χ1v) is 9.33. The van der Waals surface area contributed by atoms with Crippen molar-refractivity contribution in [1.82, 2.24) is 0 Å². The summed E-state index contributed by atoms with van der Waals surface area (Å²) < 4.78 is 5.62. The summed E-state index contributed by atoms with van der Waals surface area (Å²) in [5, 5.41) is 0. The van der Waals surface area contributed by atoms with Crippen molar-refractivity contribution >= 4 is 0 Å². The second-order valence-electron chi connectivity index (χ2n) is 7.30. The van der Waals surface area contributed by atoms with Crippen molar-refractivity contribution in [2.45, 2.75) is 5.41 Å². The summed E-state index contributed by atoms with van der Waals surface area (Å²) >= 11 is 0. The maximum absolute atomic E-state index is 5.62. The van der Waals surface area contributed by atoms with Crippen molar-refractivity contribution in [3.05, 3.63) is 113 Å². The van der Waals surface area contributed by atoms with Crippen molar-refractivity contribution in [1.29, 1.82) is 0 Å². The summed E-state index contributed by atoms with van der Waals surface area (Å²) in [6, 6.07) is 33.0. The second kappa shape index (κ2) is 5.11. The fraction of sp³-hybridized carbons (Fsp3) is 0.0769. The molecule has 4 aromatic rings. The Bertz CT molecular complexity index is 1150. The van der Waals surface area contributed by atoms with Crippen LogP contribution in [0, 0.1) is 0 Å². The molecule has 2 aliphatic carbocycles. The molecule has 0 radical (unpaired) electrons. The highest BCUT2D eigenvalue weighted by Crippen LogP contribution is 2.62. The van der Waals surface area contributed by atoms with Crippen LogP contribution in [0.15, 0.2) is 91.0 Å². The first kappa shape index (κ1) is 14.8. The van der Waals surface area contributed by atoms with Gasteiger partial charge in [-0.25, -0.2) is 0 Å². The lowest BCUT2D eigenvalue weighted by Crippen LogP contribution is -2.25. The highest BCUT2D eigenvalue weighted by atomic mass is 16.5. The predicted molar refractivity (Wildman–Crippen MR) is 109 cm³/mol. The average molecular weight is 346 g/mol. The van der Waals surface area contributed by atoms with Gasteiger partial charge < -0.3 is 4.74 Å². The van der Waals surface area contributed by atoms with Crippen LogP contribution < -0.4 is 4.74 Å². The van der Waals surface area contributed by atoms with Gasteiger partial charge in [0.25, 0.3) is 0 Å². The molecule has 0 N–H and O–H groups in total. The lowest BCUT2D eigenvalue weighted by molar-refractivity contribution is 0.414. The Morgan fingerprint density at radius 1 is 0.519 bits per heavy atom. The third-order valence-corrected chi connectivity index (χ3v) is 6.20. The number of ether oxygens (including phenoxy) is 1. The van der Waals surface area contributed by atoms with E-state index in [1.807, 2.05) is 0 Å². The van der Waals surface area contributed by atoms with Gasteiger partial charge in [0.2, 0.25) is 0 Å². The normalized spacial score (nSPS) is 14.4. The Balaban J connectivity index is 1.85. The molecule has 4 aromatic carbocycles. The highest BCUT2D eigenvalue weighted by Gasteiger charge is 2.51. The SMILES string of the molecule is COc1ccc2c(c1)C1(c3ccccc3-c3ccccc31)c1ccccc1-2. The molecule has 128 valence electrons. The molecule has 0 saturated carbocycles. The van der Waals surface area contributed by atoms with E-state index < -0.39 is 0 Å². The third kappa shape index (κ3) is 1.65. The molecule has 0 fully saturated rings. The first-order chi connectivity index (χ1) is 13.4. The van der Waals surface area contributed by atoms with Crippen LogP contribution in [0.4, 0.5) is 0 Å². The number of hydrogen-bond donors (Lipinski definition) is 0. The van der Waals surface area contributed by atoms with Crippen molar-refractivity contribution in [2.75, 3.05) is 7.11 Å². The van der Waals surface area contributed by atoms with E-state index in [0.29, 0.717) is 0 Å². The zero-order chi connectivity index (χ0) is 18.0. The van der Waals surface area contributed by atoms with Gasteiger partial charge in [-0.2, -0.15) is 0 Å². The summed E-state index contributed by atoms with van der Waals surface area (Å²) in [6.45, 7) is 0. The van der Waals surface area contributed by atoms with Gasteiger partial charge in [0.05, 0.1) is 12.5 Å². The summed E-state index contributed by atoms with van der Waals surface area (Å²) in [4.78, 5) is 0. The monoisotopic (exact) mass is 346 g/mol. The molecular weight excluding hydrogens is 328 g/mol. The lowest BCUT2D eigenvalue weighted by atomic mass is 9.70. The molecule has 1 spiro atoms. The minimum absolute atomic E-state index is 0.270. The molecule has 0 bridgehead atoms. The van der Waals surface area contributed by atoms with Crippen LogP contribution >= 0.6 is 0 Å². The van der Waals surface area contributed by atoms with Gasteiger partial charge >= 0.3 is 0 Å². The summed E-state index contributed by atoms with van der Waals surface area (Å²) in [5.41, 5.74) is 10.4. The van der Waals surface area contributed by atoms with E-state index in [1.165, 1.54) is 44.5 Å². The second-order valence-corrected chi connectivity index (χ2v) is 7.30. The molecule has 0 heterocycles.